The van der Waals surface area contributed by atoms with Gasteiger partial charge in [0.2, 0.25) is 0 Å². The normalized spacial score (nSPS) is 11.1. The quantitative estimate of drug-likeness (QED) is 0.351. The number of esters is 1. The number of carbonyl (C=O) groups excluding carboxylic acids is 1. The molecule has 1 aromatic heterocycles. The second kappa shape index (κ2) is 11.5. The fraction of sp³-hybridized carbons (Fsp3) is 0.385. The van der Waals surface area contributed by atoms with Gasteiger partial charge in [-0.2, -0.15) is 0 Å². The second-order valence-corrected chi connectivity index (χ2v) is 8.11. The third kappa shape index (κ3) is 6.58. The number of aromatic nitrogens is 1. The Hall–Kier alpha value is -3.32. The summed E-state index contributed by atoms with van der Waals surface area (Å²) in [5, 5.41) is 4.72. The number of pyridine rings is 1. The summed E-state index contributed by atoms with van der Waals surface area (Å²) < 4.78 is 17.8. The smallest absolute Gasteiger partial charge is 0.307 e. The van der Waals surface area contributed by atoms with Crippen molar-refractivity contribution in [1.82, 2.24) is 9.88 Å². The van der Waals surface area contributed by atoms with E-state index in [1.165, 1.54) is 0 Å². The molecule has 0 unspecified atom stereocenters. The molecule has 0 amide bonds. The Morgan fingerprint density at radius 2 is 1.76 bits per heavy atom. The van der Waals surface area contributed by atoms with Gasteiger partial charge in [-0.3, -0.25) is 9.59 Å². The van der Waals surface area contributed by atoms with Crippen molar-refractivity contribution in [3.8, 4) is 22.8 Å². The Morgan fingerprint density at radius 1 is 1.03 bits per heavy atom. The lowest BCUT2D eigenvalue weighted by Crippen LogP contribution is -2.22. The number of methoxy groups -OCH3 is 1. The number of nitrogens with zero attached hydrogens (tertiary/aromatic N) is 1. The highest BCUT2D eigenvalue weighted by Gasteiger charge is 2.10. The number of nitrogens with one attached hydrogen (secondary N) is 1. The number of rotatable bonds is 11. The van der Waals surface area contributed by atoms with E-state index >= 15 is 0 Å². The molecule has 7 nitrogen and oxygen atoms in total. The molecule has 0 radical (unpaired) electrons. The van der Waals surface area contributed by atoms with Gasteiger partial charge >= 0.3 is 5.97 Å². The molecule has 7 heteroatoms. The van der Waals surface area contributed by atoms with Crippen molar-refractivity contribution in [3.63, 3.8) is 0 Å². The highest BCUT2D eigenvalue weighted by molar-refractivity contribution is 5.86. The van der Waals surface area contributed by atoms with Crippen LogP contribution in [0.5, 0.6) is 11.5 Å². The molecule has 0 fully saturated rings. The van der Waals surface area contributed by atoms with Crippen molar-refractivity contribution in [2.75, 3.05) is 26.8 Å². The first-order valence-corrected chi connectivity index (χ1v) is 11.2. The van der Waals surface area contributed by atoms with Crippen LogP contribution in [-0.4, -0.2) is 43.4 Å². The summed E-state index contributed by atoms with van der Waals surface area (Å²) in [5.74, 6) is 1.25. The molecule has 0 aliphatic carbocycles. The number of fused-ring (bicyclic) bond motifs is 1. The van der Waals surface area contributed by atoms with E-state index in [1.807, 2.05) is 56.3 Å². The van der Waals surface area contributed by atoms with Crippen molar-refractivity contribution in [2.24, 2.45) is 7.05 Å². The van der Waals surface area contributed by atoms with Crippen molar-refractivity contribution in [3.05, 3.63) is 58.9 Å². The third-order valence-electron chi connectivity index (χ3n) is 5.24. The highest BCUT2D eigenvalue weighted by atomic mass is 16.5. The van der Waals surface area contributed by atoms with E-state index in [0.717, 1.165) is 35.4 Å². The van der Waals surface area contributed by atoms with Crippen LogP contribution >= 0.6 is 0 Å². The van der Waals surface area contributed by atoms with Crippen LogP contribution in [0.25, 0.3) is 22.0 Å². The van der Waals surface area contributed by atoms with E-state index in [1.54, 1.807) is 24.8 Å². The fourth-order valence-electron chi connectivity index (χ4n) is 3.53. The number of benzene rings is 2. The molecule has 0 bridgehead atoms. The minimum Gasteiger partial charge on any atom is -0.497 e. The molecular formula is C26H32N2O5. The molecule has 0 spiro atoms. The zero-order chi connectivity index (χ0) is 23.8. The first-order valence-electron chi connectivity index (χ1n) is 11.2. The van der Waals surface area contributed by atoms with E-state index in [-0.39, 0.29) is 17.6 Å². The van der Waals surface area contributed by atoms with Gasteiger partial charge in [-0.15, -0.1) is 0 Å². The van der Waals surface area contributed by atoms with Crippen LogP contribution in [0.2, 0.25) is 0 Å². The summed E-state index contributed by atoms with van der Waals surface area (Å²) in [6, 6.07) is 15.3. The number of hydrogen-bond donors (Lipinski definition) is 1. The third-order valence-corrected chi connectivity index (χ3v) is 5.24. The van der Waals surface area contributed by atoms with Crippen molar-refractivity contribution < 1.29 is 19.0 Å². The Labute approximate surface area is 194 Å². The molecule has 33 heavy (non-hydrogen) atoms. The van der Waals surface area contributed by atoms with Crippen molar-refractivity contribution in [2.45, 2.75) is 32.8 Å². The molecule has 1 N–H and O–H groups in total. The number of hydrogen-bond acceptors (Lipinski definition) is 6. The molecule has 0 saturated carbocycles. The average molecular weight is 453 g/mol. The van der Waals surface area contributed by atoms with Gasteiger partial charge in [-0.05, 0) is 80.2 Å². The van der Waals surface area contributed by atoms with Gasteiger partial charge in [0.15, 0.2) is 0 Å². The summed E-state index contributed by atoms with van der Waals surface area (Å²) in [5.41, 5.74) is 1.71. The van der Waals surface area contributed by atoms with Crippen LogP contribution in [0, 0.1) is 0 Å². The number of carbonyl (C=O) groups is 1. The minimum absolute atomic E-state index is 0.0632. The highest BCUT2D eigenvalue weighted by Crippen LogP contribution is 2.26. The van der Waals surface area contributed by atoms with Gasteiger partial charge in [0.25, 0.3) is 5.56 Å². The van der Waals surface area contributed by atoms with Crippen molar-refractivity contribution >= 4 is 16.7 Å². The molecular weight excluding hydrogens is 420 g/mol. The van der Waals surface area contributed by atoms with Gasteiger partial charge in [0.1, 0.15) is 11.5 Å². The van der Waals surface area contributed by atoms with Gasteiger partial charge in [0.05, 0.1) is 37.3 Å². The Morgan fingerprint density at radius 3 is 2.45 bits per heavy atom. The molecule has 176 valence electrons. The van der Waals surface area contributed by atoms with Crippen LogP contribution in [0.4, 0.5) is 0 Å². The van der Waals surface area contributed by atoms with E-state index in [2.05, 4.69) is 5.32 Å². The Balaban J connectivity index is 1.52. The van der Waals surface area contributed by atoms with E-state index < -0.39 is 0 Å². The summed E-state index contributed by atoms with van der Waals surface area (Å²) in [6.45, 7) is 5.61. The Bertz CT molecular complexity index is 1140. The monoisotopic (exact) mass is 452 g/mol. The minimum atomic E-state index is -0.183. The van der Waals surface area contributed by atoms with Gasteiger partial charge in [-0.1, -0.05) is 6.07 Å². The Kier molecular flexibility index (Phi) is 8.49. The second-order valence-electron chi connectivity index (χ2n) is 8.11. The summed E-state index contributed by atoms with van der Waals surface area (Å²) in [6.07, 6.45) is 1.11. The van der Waals surface area contributed by atoms with E-state index in [9.17, 15) is 9.59 Å². The first-order chi connectivity index (χ1) is 15.9. The maximum atomic E-state index is 12.8. The predicted octanol–water partition coefficient (Wildman–Crippen LogP) is 3.91. The maximum absolute atomic E-state index is 12.8. The summed E-state index contributed by atoms with van der Waals surface area (Å²) >= 11 is 0. The largest absolute Gasteiger partial charge is 0.497 e. The molecule has 0 aliphatic heterocycles. The van der Waals surface area contributed by atoms with Gasteiger partial charge in [0, 0.05) is 13.6 Å². The first kappa shape index (κ1) is 24.3. The average Bonchev–Trinajstić information content (AvgIpc) is 2.80. The molecule has 1 heterocycles. The van der Waals surface area contributed by atoms with Gasteiger partial charge < -0.3 is 24.1 Å². The standard InChI is InChI=1S/C26H32N2O5/c1-18(2)33-25(29)12-14-27-13-5-15-32-21-9-6-19(7-10-21)24-16-20-8-11-22(31-4)17-23(20)26(30)28(24)3/h6-11,16-18,27H,5,12-15H2,1-4H3. The lowest BCUT2D eigenvalue weighted by molar-refractivity contribution is -0.147. The summed E-state index contributed by atoms with van der Waals surface area (Å²) in [4.78, 5) is 24.3. The summed E-state index contributed by atoms with van der Waals surface area (Å²) in [7, 11) is 3.36. The van der Waals surface area contributed by atoms with E-state index in [0.29, 0.717) is 30.7 Å². The van der Waals surface area contributed by atoms with Gasteiger partial charge in [-0.25, -0.2) is 0 Å². The SMILES string of the molecule is COc1ccc2cc(-c3ccc(OCCCNCCC(=O)OC(C)C)cc3)n(C)c(=O)c2c1. The molecule has 0 atom stereocenters. The zero-order valence-electron chi connectivity index (χ0n) is 19.7. The van der Waals surface area contributed by atoms with Crippen LogP contribution < -0.4 is 20.3 Å². The number of ether oxygens (including phenoxy) is 3. The molecule has 3 rings (SSSR count). The van der Waals surface area contributed by atoms with Crippen LogP contribution in [0.3, 0.4) is 0 Å². The van der Waals surface area contributed by atoms with E-state index in [4.69, 9.17) is 14.2 Å². The topological polar surface area (TPSA) is 78.8 Å². The van der Waals surface area contributed by atoms with Crippen molar-refractivity contribution in [1.29, 1.82) is 0 Å². The molecule has 3 aromatic rings. The molecule has 0 aliphatic rings. The molecule has 2 aromatic carbocycles. The lowest BCUT2D eigenvalue weighted by atomic mass is 10.1. The van der Waals surface area contributed by atoms with Crippen LogP contribution in [0.15, 0.2) is 53.3 Å². The lowest BCUT2D eigenvalue weighted by Gasteiger charge is -2.12. The molecule has 0 saturated heterocycles. The van der Waals surface area contributed by atoms with Crippen LogP contribution in [-0.2, 0) is 16.6 Å². The van der Waals surface area contributed by atoms with Crippen LogP contribution in [0.1, 0.15) is 26.7 Å². The fourth-order valence-corrected chi connectivity index (χ4v) is 3.53. The predicted molar refractivity (Wildman–Crippen MR) is 130 cm³/mol. The zero-order valence-corrected chi connectivity index (χ0v) is 19.7. The maximum Gasteiger partial charge on any atom is 0.307 e.